The molecule has 2 aromatic heterocycles. The molecule has 3 N–H and O–H groups in total. The molecule has 1 atom stereocenters. The van der Waals surface area contributed by atoms with Crippen molar-refractivity contribution in [3.63, 3.8) is 0 Å². The molecule has 7 nitrogen and oxygen atoms in total. The summed E-state index contributed by atoms with van der Waals surface area (Å²) in [6.07, 6.45) is 3.61. The lowest BCUT2D eigenvalue weighted by atomic mass is 10.1. The molecule has 0 aliphatic carbocycles. The number of nitrogens with two attached hydrogens (primary N) is 1. The number of carbonyl (C=O) groups excluding carboxylic acids is 1. The van der Waals surface area contributed by atoms with E-state index in [1.807, 2.05) is 23.3 Å². The van der Waals surface area contributed by atoms with Crippen molar-refractivity contribution in [3.05, 3.63) is 29.2 Å². The lowest BCUT2D eigenvalue weighted by molar-refractivity contribution is -0.130. The van der Waals surface area contributed by atoms with Gasteiger partial charge in [0.2, 0.25) is 5.91 Å². The van der Waals surface area contributed by atoms with Gasteiger partial charge in [-0.25, -0.2) is 15.0 Å². The van der Waals surface area contributed by atoms with Gasteiger partial charge in [0.05, 0.1) is 18.3 Å². The number of hydrogen-bond acceptors (Lipinski definition) is 7. The summed E-state index contributed by atoms with van der Waals surface area (Å²) >= 11 is 1.51. The average Bonchev–Trinajstić information content (AvgIpc) is 3.16. The molecule has 1 saturated heterocycles. The smallest absolute Gasteiger partial charge is 0.236 e. The fourth-order valence-electron chi connectivity index (χ4n) is 2.71. The molecule has 2 aromatic rings. The minimum atomic E-state index is -0.0341. The van der Waals surface area contributed by atoms with Crippen LogP contribution in [-0.2, 0) is 4.79 Å². The van der Waals surface area contributed by atoms with Crippen LogP contribution in [0.2, 0.25) is 0 Å². The normalized spacial score (nSPS) is 17.7. The van der Waals surface area contributed by atoms with E-state index in [1.165, 1.54) is 11.3 Å². The van der Waals surface area contributed by atoms with Crippen molar-refractivity contribution >= 4 is 28.2 Å². The van der Waals surface area contributed by atoms with Gasteiger partial charge in [0, 0.05) is 24.2 Å². The molecule has 1 fully saturated rings. The fraction of sp³-hybridized carbons (Fsp3) is 0.429. The summed E-state index contributed by atoms with van der Waals surface area (Å²) in [5, 5.41) is 5.86. The van der Waals surface area contributed by atoms with E-state index in [0.717, 1.165) is 30.2 Å². The molecular weight excluding hydrogens is 300 g/mol. The summed E-state index contributed by atoms with van der Waals surface area (Å²) in [4.78, 5) is 26.9. The van der Waals surface area contributed by atoms with Gasteiger partial charge >= 0.3 is 0 Å². The number of nitrogens with zero attached hydrogens (tertiary/aromatic N) is 4. The van der Waals surface area contributed by atoms with Crippen molar-refractivity contribution in [3.8, 4) is 0 Å². The van der Waals surface area contributed by atoms with Gasteiger partial charge < -0.3 is 16.0 Å². The van der Waals surface area contributed by atoms with E-state index in [2.05, 4.69) is 20.3 Å². The van der Waals surface area contributed by atoms with Gasteiger partial charge in [-0.3, -0.25) is 4.79 Å². The standard InChI is InChI=1S/C14H18N6OS/c1-9-17-10(11-3-2-5-20(11)13(21)8-15)7-12(18-9)19-14-16-4-6-22-14/h4,6-7,11H,2-3,5,8,15H2,1H3,(H,16,17,18,19). The number of carbonyl (C=O) groups is 1. The molecule has 0 radical (unpaired) electrons. The second-order valence-corrected chi connectivity index (χ2v) is 6.03. The molecule has 1 unspecified atom stereocenters. The molecule has 1 aliphatic heterocycles. The lowest BCUT2D eigenvalue weighted by Crippen LogP contribution is -2.35. The van der Waals surface area contributed by atoms with Gasteiger partial charge in [-0.1, -0.05) is 0 Å². The second kappa shape index (κ2) is 6.37. The summed E-state index contributed by atoms with van der Waals surface area (Å²) in [7, 11) is 0. The van der Waals surface area contributed by atoms with Crippen LogP contribution in [0.5, 0.6) is 0 Å². The molecule has 8 heteroatoms. The van der Waals surface area contributed by atoms with Crippen LogP contribution in [0.1, 0.15) is 30.4 Å². The van der Waals surface area contributed by atoms with Gasteiger partial charge in [0.25, 0.3) is 0 Å². The highest BCUT2D eigenvalue weighted by atomic mass is 32.1. The first-order valence-corrected chi connectivity index (χ1v) is 8.07. The molecule has 1 amide bonds. The van der Waals surface area contributed by atoms with Crippen molar-refractivity contribution in [1.29, 1.82) is 0 Å². The Morgan fingerprint density at radius 3 is 3.14 bits per heavy atom. The largest absolute Gasteiger partial charge is 0.333 e. The Morgan fingerprint density at radius 1 is 1.55 bits per heavy atom. The van der Waals surface area contributed by atoms with Gasteiger partial charge in [-0.05, 0) is 19.8 Å². The van der Waals surface area contributed by atoms with Crippen LogP contribution in [0.15, 0.2) is 17.6 Å². The monoisotopic (exact) mass is 318 g/mol. The molecule has 0 saturated carbocycles. The molecule has 22 heavy (non-hydrogen) atoms. The first kappa shape index (κ1) is 14.9. The molecule has 0 bridgehead atoms. The van der Waals surface area contributed by atoms with Crippen LogP contribution in [0.25, 0.3) is 0 Å². The maximum absolute atomic E-state index is 12.0. The number of likely N-dealkylation sites (tertiary alicyclic amines) is 1. The number of thiazole rings is 1. The first-order chi connectivity index (χ1) is 10.7. The zero-order valence-corrected chi connectivity index (χ0v) is 13.1. The van der Waals surface area contributed by atoms with Gasteiger partial charge in [-0.2, -0.15) is 0 Å². The minimum absolute atomic E-state index is 0.0189. The van der Waals surface area contributed by atoms with E-state index in [0.29, 0.717) is 11.6 Å². The second-order valence-electron chi connectivity index (χ2n) is 5.14. The van der Waals surface area contributed by atoms with Crippen LogP contribution in [0.4, 0.5) is 10.9 Å². The molecule has 3 rings (SSSR count). The Kier molecular flexibility index (Phi) is 4.30. The first-order valence-electron chi connectivity index (χ1n) is 7.19. The van der Waals surface area contributed by atoms with Crippen molar-refractivity contribution < 1.29 is 4.79 Å². The van der Waals surface area contributed by atoms with Crippen LogP contribution in [0.3, 0.4) is 0 Å². The lowest BCUT2D eigenvalue weighted by Gasteiger charge is -2.24. The highest BCUT2D eigenvalue weighted by Gasteiger charge is 2.30. The van der Waals surface area contributed by atoms with E-state index >= 15 is 0 Å². The average molecular weight is 318 g/mol. The zero-order chi connectivity index (χ0) is 15.5. The fourth-order valence-corrected chi connectivity index (χ4v) is 3.25. The van der Waals surface area contributed by atoms with Gasteiger partial charge in [0.15, 0.2) is 5.13 Å². The Morgan fingerprint density at radius 2 is 2.41 bits per heavy atom. The quantitative estimate of drug-likeness (QED) is 0.889. The number of aryl methyl sites for hydroxylation is 1. The van der Waals surface area contributed by atoms with E-state index in [1.54, 1.807) is 6.20 Å². The number of anilines is 2. The highest BCUT2D eigenvalue weighted by molar-refractivity contribution is 7.13. The Hall–Kier alpha value is -2.06. The summed E-state index contributed by atoms with van der Waals surface area (Å²) < 4.78 is 0. The third kappa shape index (κ3) is 3.07. The number of nitrogens with one attached hydrogen (secondary N) is 1. The maximum Gasteiger partial charge on any atom is 0.236 e. The predicted molar refractivity (Wildman–Crippen MR) is 84.9 cm³/mol. The third-order valence-electron chi connectivity index (χ3n) is 3.61. The minimum Gasteiger partial charge on any atom is -0.333 e. The zero-order valence-electron chi connectivity index (χ0n) is 12.3. The number of hydrogen-bond donors (Lipinski definition) is 2. The van der Waals surface area contributed by atoms with E-state index in [-0.39, 0.29) is 18.5 Å². The molecule has 3 heterocycles. The number of rotatable bonds is 4. The molecule has 1 aliphatic rings. The number of aromatic nitrogens is 3. The topological polar surface area (TPSA) is 97.0 Å². The Bertz CT molecular complexity index is 659. The van der Waals surface area contributed by atoms with Crippen LogP contribution in [0, 0.1) is 6.92 Å². The Balaban J connectivity index is 1.87. The van der Waals surface area contributed by atoms with E-state index in [4.69, 9.17) is 5.73 Å². The third-order valence-corrected chi connectivity index (χ3v) is 4.30. The van der Waals surface area contributed by atoms with E-state index in [9.17, 15) is 4.79 Å². The predicted octanol–water partition coefficient (Wildman–Crippen LogP) is 1.61. The summed E-state index contributed by atoms with van der Waals surface area (Å²) in [5.74, 6) is 1.33. The van der Waals surface area contributed by atoms with Crippen LogP contribution in [-0.4, -0.2) is 38.8 Å². The highest BCUT2D eigenvalue weighted by Crippen LogP contribution is 2.32. The van der Waals surface area contributed by atoms with Crippen molar-refractivity contribution in [1.82, 2.24) is 19.9 Å². The molecular formula is C14H18N6OS. The van der Waals surface area contributed by atoms with E-state index < -0.39 is 0 Å². The van der Waals surface area contributed by atoms with Crippen molar-refractivity contribution in [2.75, 3.05) is 18.4 Å². The van der Waals surface area contributed by atoms with Gasteiger partial charge in [0.1, 0.15) is 11.6 Å². The summed E-state index contributed by atoms with van der Waals surface area (Å²) in [6, 6.07) is 1.87. The molecule has 0 spiro atoms. The van der Waals surface area contributed by atoms with Crippen LogP contribution >= 0.6 is 11.3 Å². The maximum atomic E-state index is 12.0. The summed E-state index contributed by atoms with van der Waals surface area (Å²) in [5.41, 5.74) is 6.35. The molecule has 0 aromatic carbocycles. The summed E-state index contributed by atoms with van der Waals surface area (Å²) in [6.45, 7) is 2.62. The number of amides is 1. The van der Waals surface area contributed by atoms with Gasteiger partial charge in [-0.15, -0.1) is 11.3 Å². The van der Waals surface area contributed by atoms with Crippen molar-refractivity contribution in [2.24, 2.45) is 5.73 Å². The van der Waals surface area contributed by atoms with Crippen molar-refractivity contribution in [2.45, 2.75) is 25.8 Å². The van der Waals surface area contributed by atoms with Crippen LogP contribution < -0.4 is 11.1 Å². The SMILES string of the molecule is Cc1nc(Nc2nccs2)cc(C2CCCN2C(=O)CN)n1. The Labute approximate surface area is 132 Å². The molecule has 116 valence electrons.